The first-order valence-corrected chi connectivity index (χ1v) is 2.63. The van der Waals surface area contributed by atoms with Crippen molar-refractivity contribution in [1.82, 2.24) is 0 Å². The SMILES string of the molecule is CC(=O)[O-].[C-]1=CC=CC1.[Ti+2]. The molecule has 0 saturated carbocycles. The molecule has 0 amide bonds. The molecule has 0 fully saturated rings. The molecular formula is C7H8O2Ti. The Labute approximate surface area is 75.5 Å². The number of carboxylic acids is 1. The molecule has 1 rings (SSSR count). The molecule has 3 heteroatoms. The normalized spacial score (nSPS) is 11.3. The van der Waals surface area contributed by atoms with Crippen LogP contribution in [-0.2, 0) is 26.5 Å². The summed E-state index contributed by atoms with van der Waals surface area (Å²) in [5, 5.41) is 8.89. The number of carbonyl (C=O) groups is 1. The van der Waals surface area contributed by atoms with Crippen LogP contribution in [0.3, 0.4) is 0 Å². The molecule has 0 atom stereocenters. The second-order valence-corrected chi connectivity index (χ2v) is 1.49. The number of carbonyl (C=O) groups excluding carboxylic acids is 1. The summed E-state index contributed by atoms with van der Waals surface area (Å²) in [6, 6.07) is 0. The molecular weight excluding hydrogens is 164 g/mol. The van der Waals surface area contributed by atoms with Gasteiger partial charge in [0.15, 0.2) is 0 Å². The second-order valence-electron chi connectivity index (χ2n) is 1.49. The molecule has 0 spiro atoms. The molecule has 0 radical (unpaired) electrons. The van der Waals surface area contributed by atoms with Crippen molar-refractivity contribution in [3.05, 3.63) is 24.3 Å². The number of carboxylic acid groups (broad SMARTS) is 1. The number of hydrogen-bond acceptors (Lipinski definition) is 2. The van der Waals surface area contributed by atoms with Crippen LogP contribution in [-0.4, -0.2) is 5.97 Å². The van der Waals surface area contributed by atoms with E-state index < -0.39 is 5.97 Å². The molecule has 10 heavy (non-hydrogen) atoms. The van der Waals surface area contributed by atoms with E-state index in [1.54, 1.807) is 0 Å². The number of aliphatic carboxylic acids is 1. The van der Waals surface area contributed by atoms with Gasteiger partial charge in [0.2, 0.25) is 0 Å². The fourth-order valence-corrected chi connectivity index (χ4v) is 0.340. The monoisotopic (exact) mass is 172 g/mol. The van der Waals surface area contributed by atoms with Crippen LogP contribution in [0.25, 0.3) is 0 Å². The summed E-state index contributed by atoms with van der Waals surface area (Å²) in [7, 11) is 0. The molecule has 0 aromatic carbocycles. The molecule has 0 aliphatic heterocycles. The minimum atomic E-state index is -1.08. The summed E-state index contributed by atoms with van der Waals surface area (Å²) in [5.41, 5.74) is 0. The van der Waals surface area contributed by atoms with Crippen molar-refractivity contribution < 1.29 is 31.6 Å². The van der Waals surface area contributed by atoms with E-state index in [2.05, 4.69) is 12.2 Å². The van der Waals surface area contributed by atoms with E-state index in [1.165, 1.54) is 0 Å². The molecule has 0 bridgehead atoms. The van der Waals surface area contributed by atoms with Gasteiger partial charge in [-0.15, -0.1) is 6.42 Å². The van der Waals surface area contributed by atoms with Gasteiger partial charge in [-0.2, -0.15) is 6.08 Å². The molecule has 0 aromatic rings. The van der Waals surface area contributed by atoms with Crippen LogP contribution in [0.4, 0.5) is 0 Å². The van der Waals surface area contributed by atoms with Gasteiger partial charge in [0.25, 0.3) is 0 Å². The van der Waals surface area contributed by atoms with Crippen LogP contribution in [0, 0.1) is 6.08 Å². The Morgan fingerprint density at radius 3 is 2.30 bits per heavy atom. The maximum atomic E-state index is 8.89. The van der Waals surface area contributed by atoms with Crippen LogP contribution >= 0.6 is 0 Å². The van der Waals surface area contributed by atoms with Crippen molar-refractivity contribution in [1.29, 1.82) is 0 Å². The molecule has 0 aromatic heterocycles. The van der Waals surface area contributed by atoms with E-state index in [0.717, 1.165) is 13.3 Å². The van der Waals surface area contributed by atoms with Gasteiger partial charge in [0, 0.05) is 5.97 Å². The van der Waals surface area contributed by atoms with Gasteiger partial charge in [0.1, 0.15) is 0 Å². The number of allylic oxidation sites excluding steroid dienone is 4. The molecule has 2 nitrogen and oxygen atoms in total. The zero-order valence-corrected chi connectivity index (χ0v) is 7.32. The molecule has 1 aliphatic carbocycles. The topological polar surface area (TPSA) is 40.1 Å². The average molecular weight is 172 g/mol. The van der Waals surface area contributed by atoms with E-state index in [-0.39, 0.29) is 21.7 Å². The van der Waals surface area contributed by atoms with Crippen molar-refractivity contribution in [3.8, 4) is 0 Å². The summed E-state index contributed by atoms with van der Waals surface area (Å²) < 4.78 is 0. The van der Waals surface area contributed by atoms with E-state index in [0.29, 0.717) is 0 Å². The summed E-state index contributed by atoms with van der Waals surface area (Å²) in [5.74, 6) is -1.08. The zero-order chi connectivity index (χ0) is 7.11. The first kappa shape index (κ1) is 12.4. The maximum absolute atomic E-state index is 8.89. The molecule has 0 heterocycles. The van der Waals surface area contributed by atoms with Gasteiger partial charge in [-0.25, -0.2) is 12.2 Å². The Morgan fingerprint density at radius 2 is 2.20 bits per heavy atom. The maximum Gasteiger partial charge on any atom is 2.00 e. The second kappa shape index (κ2) is 8.66. The summed E-state index contributed by atoms with van der Waals surface area (Å²) in [6.45, 7) is 0.972. The van der Waals surface area contributed by atoms with Crippen molar-refractivity contribution >= 4 is 5.97 Å². The van der Waals surface area contributed by atoms with Crippen molar-refractivity contribution in [2.75, 3.05) is 0 Å². The fraction of sp³-hybridized carbons (Fsp3) is 0.286. The van der Waals surface area contributed by atoms with Gasteiger partial charge < -0.3 is 9.90 Å². The Balaban J connectivity index is 0. The summed E-state index contributed by atoms with van der Waals surface area (Å²) in [4.78, 5) is 8.89. The van der Waals surface area contributed by atoms with Gasteiger partial charge in [-0.05, 0) is 6.92 Å². The smallest absolute Gasteiger partial charge is 0.550 e. The number of hydrogen-bond donors (Lipinski definition) is 0. The van der Waals surface area contributed by atoms with Crippen LogP contribution < -0.4 is 5.11 Å². The minimum absolute atomic E-state index is 0. The Morgan fingerprint density at radius 1 is 1.70 bits per heavy atom. The standard InChI is InChI=1S/C5H5.C2H4O2.Ti/c1-2-4-5-3-1;1-2(3)4;/h1-3H,4H2;1H3,(H,3,4);/q-1;;+2/p-1. The predicted molar refractivity (Wildman–Crippen MR) is 32.3 cm³/mol. The van der Waals surface area contributed by atoms with Crippen LogP contribution in [0.2, 0.25) is 0 Å². The third-order valence-corrected chi connectivity index (χ3v) is 0.586. The Bertz CT molecular complexity index is 125. The van der Waals surface area contributed by atoms with E-state index in [9.17, 15) is 0 Å². The zero-order valence-electron chi connectivity index (χ0n) is 5.76. The van der Waals surface area contributed by atoms with Crippen molar-refractivity contribution in [3.63, 3.8) is 0 Å². The largest absolute Gasteiger partial charge is 2.00 e. The molecule has 0 unspecified atom stereocenters. The third kappa shape index (κ3) is 15.6. The summed E-state index contributed by atoms with van der Waals surface area (Å²) in [6.07, 6.45) is 10.0. The van der Waals surface area contributed by atoms with Crippen LogP contribution in [0.5, 0.6) is 0 Å². The predicted octanol–water partition coefficient (Wildman–Crippen LogP) is 0.0594. The Hall–Kier alpha value is -0.336. The summed E-state index contributed by atoms with van der Waals surface area (Å²) >= 11 is 0. The fourth-order valence-electron chi connectivity index (χ4n) is 0.340. The molecule has 0 N–H and O–H groups in total. The first-order valence-electron chi connectivity index (χ1n) is 2.63. The van der Waals surface area contributed by atoms with Gasteiger partial charge in [-0.3, -0.25) is 6.08 Å². The van der Waals surface area contributed by atoms with Crippen LogP contribution in [0.1, 0.15) is 13.3 Å². The third-order valence-electron chi connectivity index (χ3n) is 0.586. The van der Waals surface area contributed by atoms with Crippen molar-refractivity contribution in [2.45, 2.75) is 13.3 Å². The van der Waals surface area contributed by atoms with E-state index in [1.807, 2.05) is 12.2 Å². The van der Waals surface area contributed by atoms with Crippen LogP contribution in [0.15, 0.2) is 18.2 Å². The first-order chi connectivity index (χ1) is 4.23. The van der Waals surface area contributed by atoms with Gasteiger partial charge >= 0.3 is 21.7 Å². The molecule has 0 saturated heterocycles. The van der Waals surface area contributed by atoms with E-state index in [4.69, 9.17) is 9.90 Å². The minimum Gasteiger partial charge on any atom is -0.550 e. The Kier molecular flexibility index (Phi) is 10.7. The van der Waals surface area contributed by atoms with Gasteiger partial charge in [-0.1, -0.05) is 0 Å². The van der Waals surface area contributed by atoms with E-state index >= 15 is 0 Å². The molecule has 52 valence electrons. The average Bonchev–Trinajstić information content (AvgIpc) is 2.11. The quantitative estimate of drug-likeness (QED) is 0.382. The number of rotatable bonds is 0. The van der Waals surface area contributed by atoms with Crippen molar-refractivity contribution in [2.24, 2.45) is 0 Å². The van der Waals surface area contributed by atoms with Gasteiger partial charge in [0.05, 0.1) is 0 Å². The molecule has 1 aliphatic rings.